The smallest absolute Gasteiger partial charge is 0.258 e. The van der Waals surface area contributed by atoms with Crippen LogP contribution in [0.3, 0.4) is 0 Å². The van der Waals surface area contributed by atoms with Crippen LogP contribution in [0.25, 0.3) is 0 Å². The van der Waals surface area contributed by atoms with Gasteiger partial charge in [0.15, 0.2) is 0 Å². The number of hydrogen-bond donors (Lipinski definition) is 1. The molecule has 1 saturated heterocycles. The molecule has 9 heteroatoms. The third-order valence-electron chi connectivity index (χ3n) is 4.98. The molecule has 32 heavy (non-hydrogen) atoms. The lowest BCUT2D eigenvalue weighted by molar-refractivity contribution is -0.130. The maximum absolute atomic E-state index is 12.9. The third-order valence-corrected chi connectivity index (χ3v) is 6.96. The molecule has 4 rings (SSSR count). The van der Waals surface area contributed by atoms with E-state index in [0.29, 0.717) is 28.5 Å². The van der Waals surface area contributed by atoms with Gasteiger partial charge in [-0.25, -0.2) is 4.98 Å². The van der Waals surface area contributed by atoms with E-state index in [2.05, 4.69) is 15.5 Å². The molecule has 2 amide bonds. The first-order valence-electron chi connectivity index (χ1n) is 10.3. The minimum absolute atomic E-state index is 0.154. The number of benzene rings is 1. The van der Waals surface area contributed by atoms with Crippen molar-refractivity contribution < 1.29 is 14.1 Å². The Bertz CT molecular complexity index is 1080. The molecule has 166 valence electrons. The van der Waals surface area contributed by atoms with Crippen molar-refractivity contribution in [2.24, 2.45) is 0 Å². The van der Waals surface area contributed by atoms with Gasteiger partial charge in [-0.2, -0.15) is 11.8 Å². The quantitative estimate of drug-likeness (QED) is 0.524. The number of aromatic nitrogens is 2. The summed E-state index contributed by atoms with van der Waals surface area (Å²) in [4.78, 5) is 31.6. The number of hydrogen-bond acceptors (Lipinski definition) is 7. The fourth-order valence-electron chi connectivity index (χ4n) is 3.31. The number of thioether (sulfide) groups is 2. The van der Waals surface area contributed by atoms with Gasteiger partial charge in [-0.3, -0.25) is 9.59 Å². The Morgan fingerprint density at radius 3 is 2.69 bits per heavy atom. The lowest BCUT2D eigenvalue weighted by atomic mass is 10.1. The molecule has 7 nitrogen and oxygen atoms in total. The summed E-state index contributed by atoms with van der Waals surface area (Å²) in [6.07, 6.45) is 2.05. The molecule has 1 fully saturated rings. The Morgan fingerprint density at radius 1 is 1.19 bits per heavy atom. The van der Waals surface area contributed by atoms with Crippen LogP contribution in [0.4, 0.5) is 5.69 Å². The van der Waals surface area contributed by atoms with Gasteiger partial charge in [0.25, 0.3) is 5.91 Å². The minimum atomic E-state index is -0.230. The molecule has 3 heterocycles. The van der Waals surface area contributed by atoms with Crippen molar-refractivity contribution in [3.63, 3.8) is 0 Å². The largest absolute Gasteiger partial charge is 0.361 e. The summed E-state index contributed by atoms with van der Waals surface area (Å²) in [5.41, 5.74) is 2.91. The van der Waals surface area contributed by atoms with Gasteiger partial charge in [-0.1, -0.05) is 29.1 Å². The lowest BCUT2D eigenvalue weighted by Crippen LogP contribution is -2.38. The molecule has 1 N–H and O–H groups in total. The number of carbonyl (C=O) groups is 2. The predicted octanol–water partition coefficient (Wildman–Crippen LogP) is 4.04. The molecule has 0 unspecified atom stereocenters. The SMILES string of the molecule is Cc1cc(CSc2ncccc2C(=O)Nc2ccc(CC(=O)N3CCSCC3)cc2)no1. The first kappa shape index (κ1) is 22.4. The molecule has 0 aliphatic carbocycles. The van der Waals surface area contributed by atoms with Crippen LogP contribution < -0.4 is 5.32 Å². The zero-order chi connectivity index (χ0) is 22.3. The summed E-state index contributed by atoms with van der Waals surface area (Å²) in [7, 11) is 0. The highest BCUT2D eigenvalue weighted by molar-refractivity contribution is 7.99. The Kier molecular flexibility index (Phi) is 7.49. The zero-order valence-corrected chi connectivity index (χ0v) is 19.4. The van der Waals surface area contributed by atoms with E-state index < -0.39 is 0 Å². The standard InChI is InChI=1S/C23H24N4O3S2/c1-16-13-19(26-30-16)15-32-23-20(3-2-8-24-23)22(29)25-18-6-4-17(5-7-18)14-21(28)27-9-11-31-12-10-27/h2-8,13H,9-12,14-15H2,1H3,(H,25,29). The highest BCUT2D eigenvalue weighted by Gasteiger charge is 2.17. The molecule has 0 spiro atoms. The fourth-order valence-corrected chi connectivity index (χ4v) is 5.09. The number of carbonyl (C=O) groups excluding carboxylic acids is 2. The first-order chi connectivity index (χ1) is 15.6. The van der Waals surface area contributed by atoms with Crippen molar-refractivity contribution in [2.75, 3.05) is 29.9 Å². The molecule has 1 aliphatic heterocycles. The highest BCUT2D eigenvalue weighted by atomic mass is 32.2. The van der Waals surface area contributed by atoms with Gasteiger partial charge < -0.3 is 14.7 Å². The number of nitrogens with zero attached hydrogens (tertiary/aromatic N) is 3. The summed E-state index contributed by atoms with van der Waals surface area (Å²) >= 11 is 3.32. The van der Waals surface area contributed by atoms with E-state index in [1.807, 2.05) is 53.9 Å². The summed E-state index contributed by atoms with van der Waals surface area (Å²) in [6.45, 7) is 3.48. The Balaban J connectivity index is 1.36. The summed E-state index contributed by atoms with van der Waals surface area (Å²) in [5.74, 6) is 3.24. The van der Waals surface area contributed by atoms with E-state index in [9.17, 15) is 9.59 Å². The number of pyridine rings is 1. The van der Waals surface area contributed by atoms with Crippen LogP contribution in [0.15, 0.2) is 58.2 Å². The minimum Gasteiger partial charge on any atom is -0.361 e. The third kappa shape index (κ3) is 5.92. The number of rotatable bonds is 7. The van der Waals surface area contributed by atoms with Gasteiger partial charge in [0.05, 0.1) is 17.7 Å². The van der Waals surface area contributed by atoms with E-state index in [-0.39, 0.29) is 11.8 Å². The summed E-state index contributed by atoms with van der Waals surface area (Å²) in [5, 5.41) is 7.53. The Hall–Kier alpha value is -2.78. The van der Waals surface area contributed by atoms with E-state index in [4.69, 9.17) is 4.52 Å². The van der Waals surface area contributed by atoms with E-state index in [0.717, 1.165) is 41.6 Å². The molecule has 2 aromatic heterocycles. The first-order valence-corrected chi connectivity index (χ1v) is 12.5. The number of aryl methyl sites for hydroxylation is 1. The molecule has 1 aromatic carbocycles. The zero-order valence-electron chi connectivity index (χ0n) is 17.7. The van der Waals surface area contributed by atoms with Gasteiger partial charge in [0.2, 0.25) is 5.91 Å². The normalized spacial score (nSPS) is 13.7. The molecular formula is C23H24N4O3S2. The van der Waals surface area contributed by atoms with Crippen molar-refractivity contribution >= 4 is 41.0 Å². The van der Waals surface area contributed by atoms with Crippen molar-refractivity contribution in [2.45, 2.75) is 24.1 Å². The van der Waals surface area contributed by atoms with Crippen molar-refractivity contribution in [1.29, 1.82) is 0 Å². The van der Waals surface area contributed by atoms with Crippen molar-refractivity contribution in [3.8, 4) is 0 Å². The predicted molar refractivity (Wildman–Crippen MR) is 127 cm³/mol. The maximum Gasteiger partial charge on any atom is 0.258 e. The Morgan fingerprint density at radius 2 is 1.97 bits per heavy atom. The number of nitrogens with one attached hydrogen (secondary N) is 1. The van der Waals surface area contributed by atoms with Crippen molar-refractivity contribution in [1.82, 2.24) is 15.0 Å². The molecule has 0 atom stereocenters. The number of amides is 2. The number of anilines is 1. The molecule has 3 aromatic rings. The van der Waals surface area contributed by atoms with Crippen LogP contribution in [-0.4, -0.2) is 51.5 Å². The van der Waals surface area contributed by atoms with Crippen LogP contribution in [0.1, 0.15) is 27.4 Å². The van der Waals surface area contributed by atoms with E-state index in [1.165, 1.54) is 11.8 Å². The second-order valence-electron chi connectivity index (χ2n) is 7.39. The maximum atomic E-state index is 12.9. The molecule has 0 bridgehead atoms. The topological polar surface area (TPSA) is 88.3 Å². The monoisotopic (exact) mass is 468 g/mol. The molecule has 0 radical (unpaired) electrons. The van der Waals surface area contributed by atoms with E-state index in [1.54, 1.807) is 18.3 Å². The molecular weight excluding hydrogens is 444 g/mol. The fraction of sp³-hybridized carbons (Fsp3) is 0.304. The average molecular weight is 469 g/mol. The summed E-state index contributed by atoms with van der Waals surface area (Å²) < 4.78 is 5.09. The van der Waals surface area contributed by atoms with Crippen LogP contribution >= 0.6 is 23.5 Å². The molecule has 0 saturated carbocycles. The van der Waals surface area contributed by atoms with Crippen molar-refractivity contribution in [3.05, 3.63) is 71.2 Å². The second-order valence-corrected chi connectivity index (χ2v) is 9.58. The van der Waals surface area contributed by atoms with Crippen LogP contribution in [-0.2, 0) is 17.0 Å². The van der Waals surface area contributed by atoms with Crippen LogP contribution in [0.5, 0.6) is 0 Å². The van der Waals surface area contributed by atoms with Crippen LogP contribution in [0, 0.1) is 6.92 Å². The summed E-state index contributed by atoms with van der Waals surface area (Å²) in [6, 6.07) is 12.8. The van der Waals surface area contributed by atoms with Gasteiger partial charge in [0.1, 0.15) is 10.8 Å². The van der Waals surface area contributed by atoms with Gasteiger partial charge in [-0.05, 0) is 36.8 Å². The molecule has 1 aliphatic rings. The Labute approximate surface area is 195 Å². The second kappa shape index (κ2) is 10.7. The van der Waals surface area contributed by atoms with Gasteiger partial charge in [-0.15, -0.1) is 0 Å². The highest BCUT2D eigenvalue weighted by Crippen LogP contribution is 2.25. The van der Waals surface area contributed by atoms with Gasteiger partial charge >= 0.3 is 0 Å². The van der Waals surface area contributed by atoms with Gasteiger partial charge in [0, 0.05) is 48.3 Å². The lowest BCUT2D eigenvalue weighted by Gasteiger charge is -2.26. The van der Waals surface area contributed by atoms with E-state index >= 15 is 0 Å². The average Bonchev–Trinajstić information content (AvgIpc) is 3.24. The van der Waals surface area contributed by atoms with Crippen LogP contribution in [0.2, 0.25) is 0 Å².